The molecule has 1 aromatic carbocycles. The van der Waals surface area contributed by atoms with Crippen molar-refractivity contribution in [1.29, 1.82) is 0 Å². The maximum atomic E-state index is 5.67. The van der Waals surface area contributed by atoms with Crippen LogP contribution in [0.3, 0.4) is 0 Å². The molecule has 0 aliphatic carbocycles. The SMILES string of the molecule is C=CCCNCc1ccc(OCCCCC)cc1. The van der Waals surface area contributed by atoms with E-state index < -0.39 is 0 Å². The molecule has 2 nitrogen and oxygen atoms in total. The van der Waals surface area contributed by atoms with E-state index in [-0.39, 0.29) is 0 Å². The van der Waals surface area contributed by atoms with E-state index in [1.807, 2.05) is 6.08 Å². The fourth-order valence-electron chi connectivity index (χ4n) is 1.68. The summed E-state index contributed by atoms with van der Waals surface area (Å²) in [6.07, 6.45) is 6.56. The third kappa shape index (κ3) is 6.45. The van der Waals surface area contributed by atoms with E-state index in [0.717, 1.165) is 38.3 Å². The lowest BCUT2D eigenvalue weighted by Gasteiger charge is -2.07. The molecule has 0 atom stereocenters. The second-order valence-electron chi connectivity index (χ2n) is 4.45. The number of rotatable bonds is 10. The topological polar surface area (TPSA) is 21.3 Å². The van der Waals surface area contributed by atoms with Gasteiger partial charge in [0.25, 0.3) is 0 Å². The molecule has 0 radical (unpaired) electrons. The summed E-state index contributed by atoms with van der Waals surface area (Å²) in [5.74, 6) is 0.973. The van der Waals surface area contributed by atoms with Crippen LogP contribution in [0.5, 0.6) is 5.75 Å². The Morgan fingerprint density at radius 1 is 1.22 bits per heavy atom. The molecule has 0 aliphatic heterocycles. The Bertz CT molecular complexity index is 318. The molecule has 0 aromatic heterocycles. The number of unbranched alkanes of at least 4 members (excludes halogenated alkanes) is 2. The molecule has 0 aliphatic rings. The summed E-state index contributed by atoms with van der Waals surface area (Å²) in [5.41, 5.74) is 1.29. The van der Waals surface area contributed by atoms with Gasteiger partial charge in [-0.2, -0.15) is 0 Å². The molecular weight excluding hydrogens is 222 g/mol. The van der Waals surface area contributed by atoms with Crippen molar-refractivity contribution in [2.75, 3.05) is 13.2 Å². The second kappa shape index (κ2) is 9.72. The standard InChI is InChI=1S/C16H25NO/c1-3-5-7-13-18-16-10-8-15(9-11-16)14-17-12-6-4-2/h4,8-11,17H,2-3,5-7,12-14H2,1H3. The van der Waals surface area contributed by atoms with E-state index in [1.54, 1.807) is 0 Å². The summed E-state index contributed by atoms with van der Waals surface area (Å²) in [4.78, 5) is 0. The molecule has 0 saturated heterocycles. The molecule has 0 amide bonds. The predicted octanol–water partition coefficient (Wildman–Crippen LogP) is 3.92. The smallest absolute Gasteiger partial charge is 0.119 e. The zero-order chi connectivity index (χ0) is 13.1. The Morgan fingerprint density at radius 3 is 2.67 bits per heavy atom. The van der Waals surface area contributed by atoms with Gasteiger partial charge in [0.2, 0.25) is 0 Å². The van der Waals surface area contributed by atoms with Gasteiger partial charge in [0, 0.05) is 6.54 Å². The number of hydrogen-bond donors (Lipinski definition) is 1. The molecule has 0 heterocycles. The fourth-order valence-corrected chi connectivity index (χ4v) is 1.68. The van der Waals surface area contributed by atoms with Gasteiger partial charge in [-0.3, -0.25) is 0 Å². The minimum atomic E-state index is 0.824. The summed E-state index contributed by atoms with van der Waals surface area (Å²) in [6.45, 7) is 8.62. The molecule has 0 unspecified atom stereocenters. The molecule has 0 bridgehead atoms. The van der Waals surface area contributed by atoms with Crippen LogP contribution in [0.2, 0.25) is 0 Å². The highest BCUT2D eigenvalue weighted by atomic mass is 16.5. The molecule has 0 spiro atoms. The van der Waals surface area contributed by atoms with Crippen LogP contribution in [-0.2, 0) is 6.54 Å². The predicted molar refractivity (Wildman–Crippen MR) is 78.0 cm³/mol. The number of ether oxygens (including phenoxy) is 1. The van der Waals surface area contributed by atoms with E-state index in [4.69, 9.17) is 4.74 Å². The third-order valence-corrected chi connectivity index (χ3v) is 2.79. The van der Waals surface area contributed by atoms with Crippen molar-refractivity contribution in [3.63, 3.8) is 0 Å². The van der Waals surface area contributed by atoms with Gasteiger partial charge in [0.1, 0.15) is 5.75 Å². The Kier molecular flexibility index (Phi) is 7.98. The summed E-state index contributed by atoms with van der Waals surface area (Å²) < 4.78 is 5.67. The van der Waals surface area contributed by atoms with Crippen LogP contribution in [0.1, 0.15) is 38.2 Å². The van der Waals surface area contributed by atoms with E-state index in [1.165, 1.54) is 18.4 Å². The molecular formula is C16H25NO. The van der Waals surface area contributed by atoms with Crippen LogP contribution in [0.25, 0.3) is 0 Å². The van der Waals surface area contributed by atoms with Crippen molar-refractivity contribution in [2.45, 2.75) is 39.2 Å². The van der Waals surface area contributed by atoms with Crippen LogP contribution in [0.15, 0.2) is 36.9 Å². The van der Waals surface area contributed by atoms with Crippen molar-refractivity contribution in [3.05, 3.63) is 42.5 Å². The van der Waals surface area contributed by atoms with Crippen molar-refractivity contribution in [1.82, 2.24) is 5.32 Å². The molecule has 2 heteroatoms. The first kappa shape index (κ1) is 14.8. The van der Waals surface area contributed by atoms with Gasteiger partial charge >= 0.3 is 0 Å². The summed E-state index contributed by atoms with van der Waals surface area (Å²) in [7, 11) is 0. The van der Waals surface area contributed by atoms with E-state index in [0.29, 0.717) is 0 Å². The minimum Gasteiger partial charge on any atom is -0.494 e. The van der Waals surface area contributed by atoms with Crippen LogP contribution < -0.4 is 10.1 Å². The van der Waals surface area contributed by atoms with E-state index in [9.17, 15) is 0 Å². The average molecular weight is 247 g/mol. The highest BCUT2D eigenvalue weighted by Gasteiger charge is 1.95. The van der Waals surface area contributed by atoms with Gasteiger partial charge in [0.05, 0.1) is 6.61 Å². The maximum absolute atomic E-state index is 5.67. The van der Waals surface area contributed by atoms with Crippen molar-refractivity contribution in [3.8, 4) is 5.75 Å². The van der Waals surface area contributed by atoms with Crippen molar-refractivity contribution >= 4 is 0 Å². The molecule has 18 heavy (non-hydrogen) atoms. The monoisotopic (exact) mass is 247 g/mol. The summed E-state index contributed by atoms with van der Waals surface area (Å²) >= 11 is 0. The summed E-state index contributed by atoms with van der Waals surface area (Å²) in [5, 5.41) is 3.37. The van der Waals surface area contributed by atoms with Gasteiger partial charge in [-0.05, 0) is 37.1 Å². The molecule has 1 N–H and O–H groups in total. The number of hydrogen-bond acceptors (Lipinski definition) is 2. The largest absolute Gasteiger partial charge is 0.494 e. The Hall–Kier alpha value is -1.28. The van der Waals surface area contributed by atoms with Gasteiger partial charge in [-0.25, -0.2) is 0 Å². The van der Waals surface area contributed by atoms with Gasteiger partial charge in [0.15, 0.2) is 0 Å². The number of benzene rings is 1. The first-order chi connectivity index (χ1) is 8.86. The van der Waals surface area contributed by atoms with Gasteiger partial charge < -0.3 is 10.1 Å². The first-order valence-corrected chi connectivity index (χ1v) is 6.90. The number of nitrogens with one attached hydrogen (secondary N) is 1. The molecule has 100 valence electrons. The Balaban J connectivity index is 2.22. The summed E-state index contributed by atoms with van der Waals surface area (Å²) in [6, 6.07) is 8.35. The Labute approximate surface area is 111 Å². The first-order valence-electron chi connectivity index (χ1n) is 6.90. The van der Waals surface area contributed by atoms with Gasteiger partial charge in [-0.1, -0.05) is 38.0 Å². The van der Waals surface area contributed by atoms with Crippen LogP contribution in [-0.4, -0.2) is 13.2 Å². The minimum absolute atomic E-state index is 0.824. The Morgan fingerprint density at radius 2 is 2.00 bits per heavy atom. The fraction of sp³-hybridized carbons (Fsp3) is 0.500. The van der Waals surface area contributed by atoms with Crippen molar-refractivity contribution in [2.24, 2.45) is 0 Å². The molecule has 0 saturated carbocycles. The van der Waals surface area contributed by atoms with Crippen molar-refractivity contribution < 1.29 is 4.74 Å². The third-order valence-electron chi connectivity index (χ3n) is 2.79. The lowest BCUT2D eigenvalue weighted by atomic mass is 10.2. The molecule has 0 fully saturated rings. The highest BCUT2D eigenvalue weighted by Crippen LogP contribution is 2.12. The van der Waals surface area contributed by atoms with Gasteiger partial charge in [-0.15, -0.1) is 6.58 Å². The quantitative estimate of drug-likeness (QED) is 0.500. The maximum Gasteiger partial charge on any atom is 0.119 e. The van der Waals surface area contributed by atoms with Crippen LogP contribution >= 0.6 is 0 Å². The normalized spacial score (nSPS) is 10.3. The average Bonchev–Trinajstić information content (AvgIpc) is 2.41. The lowest BCUT2D eigenvalue weighted by molar-refractivity contribution is 0.306. The molecule has 1 rings (SSSR count). The van der Waals surface area contributed by atoms with Crippen LogP contribution in [0.4, 0.5) is 0 Å². The molecule has 1 aromatic rings. The van der Waals surface area contributed by atoms with E-state index >= 15 is 0 Å². The highest BCUT2D eigenvalue weighted by molar-refractivity contribution is 5.27. The van der Waals surface area contributed by atoms with Crippen LogP contribution in [0, 0.1) is 0 Å². The zero-order valence-corrected chi connectivity index (χ0v) is 11.5. The zero-order valence-electron chi connectivity index (χ0n) is 11.5. The van der Waals surface area contributed by atoms with E-state index in [2.05, 4.69) is 43.1 Å². The lowest BCUT2D eigenvalue weighted by Crippen LogP contribution is -2.13. The second-order valence-corrected chi connectivity index (χ2v) is 4.45.